The summed E-state index contributed by atoms with van der Waals surface area (Å²) in [6, 6.07) is 3.26. The molecule has 0 amide bonds. The van der Waals surface area contributed by atoms with Crippen molar-refractivity contribution in [3.8, 4) is 0 Å². The molecule has 1 N–H and O–H groups in total. The summed E-state index contributed by atoms with van der Waals surface area (Å²) in [4.78, 5) is 43.6. The van der Waals surface area contributed by atoms with E-state index in [1.54, 1.807) is 0 Å². The number of rotatable bonds is 6. The molecule has 0 bridgehead atoms. The topological polar surface area (TPSA) is 197 Å². The number of benzene rings is 1. The lowest BCUT2D eigenvalue weighted by molar-refractivity contribution is -0.401. The highest BCUT2D eigenvalue weighted by Crippen LogP contribution is 2.40. The first kappa shape index (κ1) is 17.1. The van der Waals surface area contributed by atoms with Crippen LogP contribution in [-0.2, 0) is 0 Å². The van der Waals surface area contributed by atoms with E-state index < -0.39 is 53.9 Å². The Labute approximate surface area is 136 Å². The van der Waals surface area contributed by atoms with Gasteiger partial charge in [0.05, 0.1) is 31.8 Å². The Hall–Kier alpha value is -4.23. The van der Waals surface area contributed by atoms with Crippen LogP contribution in [0.1, 0.15) is 0 Å². The summed E-state index contributed by atoms with van der Waals surface area (Å²) >= 11 is 0. The molecule has 0 radical (unpaired) electrons. The second-order valence-electron chi connectivity index (χ2n) is 4.38. The zero-order chi connectivity index (χ0) is 18.7. The van der Waals surface area contributed by atoms with Gasteiger partial charge in [-0.15, -0.1) is 0 Å². The molecule has 128 valence electrons. The highest BCUT2D eigenvalue weighted by atomic mass is 16.6. The predicted molar refractivity (Wildman–Crippen MR) is 80.6 cm³/mol. The molecule has 0 saturated carbocycles. The van der Waals surface area contributed by atoms with Crippen molar-refractivity contribution >= 4 is 34.3 Å². The third-order valence-electron chi connectivity index (χ3n) is 2.91. The van der Waals surface area contributed by atoms with Crippen LogP contribution < -0.4 is 5.32 Å². The van der Waals surface area contributed by atoms with Crippen molar-refractivity contribution in [2.24, 2.45) is 0 Å². The Kier molecular flexibility index (Phi) is 4.44. The number of anilines is 2. The maximum atomic E-state index is 11.1. The maximum absolute atomic E-state index is 11.1. The first-order valence-corrected chi connectivity index (χ1v) is 6.20. The van der Waals surface area contributed by atoms with Crippen LogP contribution in [0.2, 0.25) is 0 Å². The van der Waals surface area contributed by atoms with Gasteiger partial charge in [-0.1, -0.05) is 0 Å². The number of non-ortho nitro benzene ring substituents is 1. The normalized spacial score (nSPS) is 10.1. The van der Waals surface area contributed by atoms with Gasteiger partial charge in [-0.05, 0) is 6.07 Å². The molecule has 0 fully saturated rings. The van der Waals surface area contributed by atoms with E-state index in [1.165, 1.54) is 6.07 Å². The van der Waals surface area contributed by atoms with Gasteiger partial charge in [0, 0.05) is 12.3 Å². The summed E-state index contributed by atoms with van der Waals surface area (Å²) in [5.74, 6) is -0.493. The quantitative estimate of drug-likeness (QED) is 0.596. The lowest BCUT2D eigenvalue weighted by atomic mass is 10.2. The molecule has 1 aromatic heterocycles. The molecule has 14 nitrogen and oxygen atoms in total. The van der Waals surface area contributed by atoms with Crippen molar-refractivity contribution in [3.63, 3.8) is 0 Å². The lowest BCUT2D eigenvalue weighted by Gasteiger charge is -2.07. The maximum Gasteiger partial charge on any atom is 0.311 e. The minimum atomic E-state index is -1.09. The third-order valence-corrected chi connectivity index (χ3v) is 2.91. The fourth-order valence-corrected chi connectivity index (χ4v) is 1.88. The summed E-state index contributed by atoms with van der Waals surface area (Å²) in [6.45, 7) is 0. The van der Waals surface area contributed by atoms with E-state index in [1.807, 2.05) is 0 Å². The van der Waals surface area contributed by atoms with Gasteiger partial charge in [0.15, 0.2) is 5.69 Å². The van der Waals surface area contributed by atoms with Crippen LogP contribution in [0.3, 0.4) is 0 Å². The van der Waals surface area contributed by atoms with Crippen molar-refractivity contribution in [1.29, 1.82) is 0 Å². The molecule has 0 aliphatic rings. The van der Waals surface area contributed by atoms with E-state index in [2.05, 4.69) is 10.3 Å². The van der Waals surface area contributed by atoms with Crippen molar-refractivity contribution < 1.29 is 19.7 Å². The zero-order valence-corrected chi connectivity index (χ0v) is 11.9. The Morgan fingerprint density at radius 3 is 1.76 bits per heavy atom. The van der Waals surface area contributed by atoms with E-state index in [9.17, 15) is 40.5 Å². The molecule has 2 rings (SSSR count). The molecule has 1 heterocycles. The minimum absolute atomic E-state index is 0.493. The molecule has 25 heavy (non-hydrogen) atoms. The van der Waals surface area contributed by atoms with Gasteiger partial charge in [-0.3, -0.25) is 40.5 Å². The Morgan fingerprint density at radius 2 is 1.32 bits per heavy atom. The minimum Gasteiger partial charge on any atom is -0.323 e. The first-order chi connectivity index (χ1) is 11.7. The van der Waals surface area contributed by atoms with Gasteiger partial charge >= 0.3 is 17.1 Å². The second kappa shape index (κ2) is 6.49. The molecular formula is C11H6N6O8. The van der Waals surface area contributed by atoms with Crippen LogP contribution in [0.15, 0.2) is 30.5 Å². The summed E-state index contributed by atoms with van der Waals surface area (Å²) in [6.07, 6.45) is 1.12. The molecule has 0 atom stereocenters. The summed E-state index contributed by atoms with van der Waals surface area (Å²) in [5.41, 5.74) is -4.23. The van der Waals surface area contributed by atoms with Crippen molar-refractivity contribution in [1.82, 2.24) is 4.98 Å². The molecule has 0 saturated heterocycles. The van der Waals surface area contributed by atoms with Crippen LogP contribution in [0, 0.1) is 40.5 Å². The van der Waals surface area contributed by atoms with E-state index in [-0.39, 0.29) is 0 Å². The van der Waals surface area contributed by atoms with E-state index in [0.29, 0.717) is 12.1 Å². The summed E-state index contributed by atoms with van der Waals surface area (Å²) in [7, 11) is 0. The molecule has 1 aromatic carbocycles. The number of nitro groups is 4. The van der Waals surface area contributed by atoms with Crippen molar-refractivity contribution in [2.45, 2.75) is 0 Å². The van der Waals surface area contributed by atoms with Crippen LogP contribution in [0.4, 0.5) is 34.3 Å². The number of nitro benzene ring substituents is 3. The predicted octanol–water partition coefficient (Wildman–Crippen LogP) is 2.46. The van der Waals surface area contributed by atoms with Crippen molar-refractivity contribution in [2.75, 3.05) is 5.32 Å². The van der Waals surface area contributed by atoms with Gasteiger partial charge in [0.1, 0.15) is 0 Å². The summed E-state index contributed by atoms with van der Waals surface area (Å²) < 4.78 is 0. The van der Waals surface area contributed by atoms with Gasteiger partial charge in [0.25, 0.3) is 5.69 Å². The Morgan fingerprint density at radius 1 is 0.800 bits per heavy atom. The SMILES string of the molecule is O=[N+]([O-])c1cc([N+](=O)[O-])c(Nc2ncccc2[N+](=O)[O-])c([N+](=O)[O-])c1. The number of nitrogens with zero attached hydrogens (tertiary/aromatic N) is 5. The van der Waals surface area contributed by atoms with E-state index >= 15 is 0 Å². The fourth-order valence-electron chi connectivity index (χ4n) is 1.88. The number of hydrogen-bond acceptors (Lipinski definition) is 10. The van der Waals surface area contributed by atoms with Crippen LogP contribution in [0.25, 0.3) is 0 Å². The van der Waals surface area contributed by atoms with E-state index in [4.69, 9.17) is 0 Å². The van der Waals surface area contributed by atoms with Crippen LogP contribution in [0.5, 0.6) is 0 Å². The van der Waals surface area contributed by atoms with Gasteiger partial charge in [-0.2, -0.15) is 0 Å². The Bertz CT molecular complexity index is 878. The average Bonchev–Trinajstić information content (AvgIpc) is 2.54. The highest BCUT2D eigenvalue weighted by Gasteiger charge is 2.32. The van der Waals surface area contributed by atoms with Gasteiger partial charge in [-0.25, -0.2) is 4.98 Å². The third kappa shape index (κ3) is 3.41. The number of hydrogen-bond donors (Lipinski definition) is 1. The lowest BCUT2D eigenvalue weighted by Crippen LogP contribution is -2.05. The summed E-state index contributed by atoms with van der Waals surface area (Å²) in [5, 5.41) is 46.2. The number of aromatic nitrogens is 1. The van der Waals surface area contributed by atoms with Crippen molar-refractivity contribution in [3.05, 3.63) is 70.9 Å². The van der Waals surface area contributed by atoms with Crippen LogP contribution in [-0.4, -0.2) is 24.7 Å². The number of nitrogens with one attached hydrogen (secondary N) is 1. The van der Waals surface area contributed by atoms with Crippen LogP contribution >= 0.6 is 0 Å². The highest BCUT2D eigenvalue weighted by molar-refractivity contribution is 5.82. The monoisotopic (exact) mass is 350 g/mol. The Balaban J connectivity index is 2.72. The number of pyridine rings is 1. The smallest absolute Gasteiger partial charge is 0.311 e. The molecule has 14 heteroatoms. The molecular weight excluding hydrogens is 344 g/mol. The average molecular weight is 350 g/mol. The fraction of sp³-hybridized carbons (Fsp3) is 0. The van der Waals surface area contributed by atoms with E-state index in [0.717, 1.165) is 12.3 Å². The zero-order valence-electron chi connectivity index (χ0n) is 11.9. The molecule has 0 aliphatic heterocycles. The molecule has 0 spiro atoms. The van der Waals surface area contributed by atoms with Gasteiger partial charge in [0.2, 0.25) is 5.82 Å². The standard InChI is InChI=1S/C11H6N6O8/c18-14(19)6-4-8(16(22)23)10(9(5-6)17(24)25)13-11-7(15(20)21)2-1-3-12-11/h1-5H,(H,12,13). The molecule has 2 aromatic rings. The molecule has 0 aliphatic carbocycles. The first-order valence-electron chi connectivity index (χ1n) is 6.20. The largest absolute Gasteiger partial charge is 0.323 e. The van der Waals surface area contributed by atoms with Gasteiger partial charge < -0.3 is 5.32 Å². The molecule has 0 unspecified atom stereocenters. The second-order valence-corrected chi connectivity index (χ2v) is 4.38.